The topological polar surface area (TPSA) is 4.93 Å². The van der Waals surface area contributed by atoms with Crippen LogP contribution in [0.2, 0.25) is 0 Å². The number of nitrogens with zero attached hydrogens (tertiary/aromatic N) is 1. The summed E-state index contributed by atoms with van der Waals surface area (Å²) in [5.74, 6) is 0. The van der Waals surface area contributed by atoms with Crippen LogP contribution in [0.3, 0.4) is 0 Å². The molecule has 0 fully saturated rings. The van der Waals surface area contributed by atoms with E-state index in [9.17, 15) is 0 Å². The van der Waals surface area contributed by atoms with Gasteiger partial charge in [0, 0.05) is 16.2 Å². The van der Waals surface area contributed by atoms with Gasteiger partial charge in [-0.1, -0.05) is 237 Å². The molecule has 11 rings (SSSR count). The lowest BCUT2D eigenvalue weighted by atomic mass is 9.97. The van der Waals surface area contributed by atoms with Crippen LogP contribution in [-0.2, 0) is 0 Å². The van der Waals surface area contributed by atoms with Crippen LogP contribution in [0.4, 0.5) is 0 Å². The fourth-order valence-corrected chi connectivity index (χ4v) is 14.4. The average Bonchev–Trinajstić information content (AvgIpc) is 3.68. The van der Waals surface area contributed by atoms with E-state index in [2.05, 4.69) is 265 Å². The van der Waals surface area contributed by atoms with Gasteiger partial charge in [0.15, 0.2) is 8.07 Å². The summed E-state index contributed by atoms with van der Waals surface area (Å²) >= 11 is 0. The Kier molecular flexibility index (Phi) is 9.61. The van der Waals surface area contributed by atoms with E-state index in [1.54, 1.807) is 0 Å². The molecule has 10 aromatic carbocycles. The van der Waals surface area contributed by atoms with Crippen LogP contribution in [-0.4, -0.2) is 12.6 Å². The van der Waals surface area contributed by atoms with Crippen molar-refractivity contribution < 1.29 is 0 Å². The van der Waals surface area contributed by atoms with E-state index in [-0.39, 0.29) is 0 Å². The Hall–Kier alpha value is -7.78. The second-order valence-corrected chi connectivity index (χ2v) is 19.9. The van der Waals surface area contributed by atoms with Crippen LogP contribution in [0.15, 0.2) is 249 Å². The minimum atomic E-state index is -2.62. The van der Waals surface area contributed by atoms with Crippen molar-refractivity contribution in [2.45, 2.75) is 0 Å². The van der Waals surface area contributed by atoms with E-state index in [0.717, 1.165) is 0 Å². The highest BCUT2D eigenvalue weighted by atomic mass is 28.3. The molecule has 0 saturated heterocycles. The standard InChI is InChI=1S/C60H43NSi/c1-5-17-44(18-6-1)29-30-45-31-33-46(34-32-45)48-37-41-60-57(43-48)56-27-15-16-28-58(56)61(60)59-42-40-53(54-25-13-14-26-55(54)59)47-35-38-52(39-36-47)62(49-19-7-2-8-20-49,50-21-9-3-10-22-50)51-23-11-4-12-24-51/h1-43H/b30-29+. The van der Waals surface area contributed by atoms with Gasteiger partial charge in [0.2, 0.25) is 0 Å². The minimum Gasteiger partial charge on any atom is -0.309 e. The first-order valence-corrected chi connectivity index (χ1v) is 23.4. The Labute approximate surface area is 364 Å². The van der Waals surface area contributed by atoms with Crippen molar-refractivity contribution >= 4 is 73.6 Å². The summed E-state index contributed by atoms with van der Waals surface area (Å²) in [6.07, 6.45) is 4.34. The maximum Gasteiger partial charge on any atom is 0.179 e. The van der Waals surface area contributed by atoms with Crippen LogP contribution in [0.25, 0.3) is 72.7 Å². The Balaban J connectivity index is 0.999. The normalized spacial score (nSPS) is 11.8. The molecular weight excluding hydrogens is 763 g/mol. The van der Waals surface area contributed by atoms with Crippen LogP contribution in [0.5, 0.6) is 0 Å². The number of para-hydroxylation sites is 1. The van der Waals surface area contributed by atoms with Gasteiger partial charge in [-0.25, -0.2) is 0 Å². The van der Waals surface area contributed by atoms with Crippen molar-refractivity contribution in [1.29, 1.82) is 0 Å². The van der Waals surface area contributed by atoms with Gasteiger partial charge in [-0.2, -0.15) is 0 Å². The zero-order valence-corrected chi connectivity index (χ0v) is 35.3. The van der Waals surface area contributed by atoms with Gasteiger partial charge in [-0.15, -0.1) is 0 Å². The molecule has 2 heteroatoms. The number of hydrogen-bond acceptors (Lipinski definition) is 0. The molecule has 0 spiro atoms. The molecule has 1 nitrogen and oxygen atoms in total. The van der Waals surface area contributed by atoms with Crippen molar-refractivity contribution in [1.82, 2.24) is 4.57 Å². The van der Waals surface area contributed by atoms with Crippen molar-refractivity contribution in [2.75, 3.05) is 0 Å². The third-order valence-electron chi connectivity index (χ3n) is 12.6. The van der Waals surface area contributed by atoms with E-state index < -0.39 is 8.07 Å². The monoisotopic (exact) mass is 805 g/mol. The third kappa shape index (κ3) is 6.50. The molecule has 0 atom stereocenters. The van der Waals surface area contributed by atoms with E-state index in [0.29, 0.717) is 0 Å². The first kappa shape index (κ1) is 37.2. The lowest BCUT2D eigenvalue weighted by Gasteiger charge is -2.34. The van der Waals surface area contributed by atoms with Crippen LogP contribution >= 0.6 is 0 Å². The zero-order chi connectivity index (χ0) is 41.3. The predicted molar refractivity (Wildman–Crippen MR) is 268 cm³/mol. The number of rotatable bonds is 9. The average molecular weight is 806 g/mol. The van der Waals surface area contributed by atoms with Crippen molar-refractivity contribution in [2.24, 2.45) is 0 Å². The van der Waals surface area contributed by atoms with E-state index in [1.165, 1.54) is 92.4 Å². The summed E-state index contributed by atoms with van der Waals surface area (Å²) in [5.41, 5.74) is 10.8. The minimum absolute atomic E-state index is 1.18. The Morgan fingerprint density at radius 3 is 1.35 bits per heavy atom. The molecule has 11 aromatic rings. The van der Waals surface area contributed by atoms with Gasteiger partial charge >= 0.3 is 0 Å². The SMILES string of the molecule is C(=C\c1ccc(-c2ccc3c(c2)c2ccccc2n3-c2ccc(-c3ccc([Si](c4ccccc4)(c4ccccc4)c4ccccc4)cc3)c3ccccc23)cc1)/c1ccccc1. The van der Waals surface area contributed by atoms with Gasteiger partial charge in [-0.3, -0.25) is 0 Å². The highest BCUT2D eigenvalue weighted by Gasteiger charge is 2.41. The summed E-state index contributed by atoms with van der Waals surface area (Å²) in [6, 6.07) is 91.6. The molecule has 0 aliphatic heterocycles. The Bertz CT molecular complexity index is 3250. The fourth-order valence-electron chi connectivity index (χ4n) is 9.65. The van der Waals surface area contributed by atoms with Gasteiger partial charge in [0.25, 0.3) is 0 Å². The van der Waals surface area contributed by atoms with E-state index in [1.807, 2.05) is 0 Å². The molecule has 62 heavy (non-hydrogen) atoms. The Morgan fingerprint density at radius 1 is 0.290 bits per heavy atom. The zero-order valence-electron chi connectivity index (χ0n) is 34.3. The molecule has 1 heterocycles. The summed E-state index contributed by atoms with van der Waals surface area (Å²) in [6.45, 7) is 0. The first-order chi connectivity index (χ1) is 30.8. The second-order valence-electron chi connectivity index (χ2n) is 16.1. The van der Waals surface area contributed by atoms with Gasteiger partial charge in [0.1, 0.15) is 0 Å². The smallest absolute Gasteiger partial charge is 0.179 e. The molecule has 0 N–H and O–H groups in total. The molecule has 0 aliphatic rings. The molecule has 0 saturated carbocycles. The summed E-state index contributed by atoms with van der Waals surface area (Å²) in [7, 11) is -2.62. The molecule has 0 amide bonds. The second kappa shape index (κ2) is 16.0. The number of benzene rings is 10. The number of aromatic nitrogens is 1. The highest BCUT2D eigenvalue weighted by Crippen LogP contribution is 2.39. The Morgan fingerprint density at radius 2 is 0.742 bits per heavy atom. The fraction of sp³-hybridized carbons (Fsp3) is 0. The lowest BCUT2D eigenvalue weighted by molar-refractivity contribution is 1.20. The molecule has 0 radical (unpaired) electrons. The van der Waals surface area contributed by atoms with Crippen LogP contribution < -0.4 is 20.7 Å². The summed E-state index contributed by atoms with van der Waals surface area (Å²) < 4.78 is 2.46. The van der Waals surface area contributed by atoms with Crippen LogP contribution in [0, 0.1) is 0 Å². The van der Waals surface area contributed by atoms with E-state index in [4.69, 9.17) is 0 Å². The molecule has 1 aromatic heterocycles. The maximum absolute atomic E-state index is 2.62. The predicted octanol–water partition coefficient (Wildman–Crippen LogP) is 12.8. The maximum atomic E-state index is 2.46. The van der Waals surface area contributed by atoms with Gasteiger partial charge in [0.05, 0.1) is 16.7 Å². The number of fused-ring (bicyclic) bond motifs is 4. The van der Waals surface area contributed by atoms with Crippen molar-refractivity contribution in [3.05, 3.63) is 260 Å². The number of hydrogen-bond donors (Lipinski definition) is 0. The molecule has 292 valence electrons. The summed E-state index contributed by atoms with van der Waals surface area (Å²) in [4.78, 5) is 0. The molecular formula is C60H43NSi. The molecule has 0 aliphatic carbocycles. The van der Waals surface area contributed by atoms with E-state index >= 15 is 0 Å². The van der Waals surface area contributed by atoms with Crippen LogP contribution in [0.1, 0.15) is 11.1 Å². The molecule has 0 bridgehead atoms. The van der Waals surface area contributed by atoms with Crippen molar-refractivity contribution in [3.63, 3.8) is 0 Å². The first-order valence-electron chi connectivity index (χ1n) is 21.4. The van der Waals surface area contributed by atoms with Gasteiger partial charge in [-0.05, 0) is 83.8 Å². The quantitative estimate of drug-likeness (QED) is 0.0778. The summed E-state index contributed by atoms with van der Waals surface area (Å²) in [5, 5.41) is 10.5. The highest BCUT2D eigenvalue weighted by molar-refractivity contribution is 7.19. The largest absolute Gasteiger partial charge is 0.309 e. The molecule has 0 unspecified atom stereocenters. The van der Waals surface area contributed by atoms with Gasteiger partial charge < -0.3 is 4.57 Å². The third-order valence-corrected chi connectivity index (χ3v) is 17.4. The lowest BCUT2D eigenvalue weighted by Crippen LogP contribution is -2.74. The van der Waals surface area contributed by atoms with Crippen molar-refractivity contribution in [3.8, 4) is 27.9 Å².